The van der Waals surface area contributed by atoms with Crippen molar-refractivity contribution in [3.63, 3.8) is 0 Å². The number of benzene rings is 1. The Morgan fingerprint density at radius 1 is 1.35 bits per heavy atom. The van der Waals surface area contributed by atoms with Crippen LogP contribution in [0.25, 0.3) is 0 Å². The van der Waals surface area contributed by atoms with Gasteiger partial charge in [0, 0.05) is 7.11 Å². The Balaban J connectivity index is 2.20. The summed E-state index contributed by atoms with van der Waals surface area (Å²) in [4.78, 5) is 0.0741. The van der Waals surface area contributed by atoms with Crippen molar-refractivity contribution in [3.8, 4) is 5.75 Å². The zero-order valence-electron chi connectivity index (χ0n) is 11.1. The molecule has 1 aromatic carbocycles. The predicted octanol–water partition coefficient (Wildman–Crippen LogP) is 1.04. The molecule has 0 unspecified atom stereocenters. The molecule has 0 saturated carbocycles. The lowest BCUT2D eigenvalue weighted by molar-refractivity contribution is 0.0761. The van der Waals surface area contributed by atoms with Crippen LogP contribution in [0, 0.1) is 0 Å². The third kappa shape index (κ3) is 3.24. The number of ether oxygens (including phenoxy) is 3. The van der Waals surface area contributed by atoms with Gasteiger partial charge in [0.25, 0.3) is 0 Å². The van der Waals surface area contributed by atoms with E-state index in [1.807, 2.05) is 0 Å². The van der Waals surface area contributed by atoms with E-state index in [4.69, 9.17) is 25.8 Å². The number of sulfonamides is 1. The Kier molecular flexibility index (Phi) is 4.87. The number of halogens is 1. The van der Waals surface area contributed by atoms with E-state index in [9.17, 15) is 8.42 Å². The summed E-state index contributed by atoms with van der Waals surface area (Å²) in [7, 11) is -0.700. The SMILES string of the molecule is COc1ccc(S(=O)(=O)N[C@H]2COC[C@@H]2OC)cc1Cl. The minimum absolute atomic E-state index is 0.0741. The van der Waals surface area contributed by atoms with Gasteiger partial charge in [-0.15, -0.1) is 0 Å². The van der Waals surface area contributed by atoms with Crippen LogP contribution >= 0.6 is 11.6 Å². The van der Waals surface area contributed by atoms with Crippen LogP contribution in [0.3, 0.4) is 0 Å². The van der Waals surface area contributed by atoms with Crippen molar-refractivity contribution in [1.82, 2.24) is 4.72 Å². The average molecular weight is 322 g/mol. The molecule has 2 rings (SSSR count). The van der Waals surface area contributed by atoms with Gasteiger partial charge in [0.05, 0.1) is 42.4 Å². The van der Waals surface area contributed by atoms with E-state index < -0.39 is 16.1 Å². The number of hydrogen-bond donors (Lipinski definition) is 1. The molecule has 0 aromatic heterocycles. The lowest BCUT2D eigenvalue weighted by Gasteiger charge is -2.18. The van der Waals surface area contributed by atoms with Gasteiger partial charge in [-0.2, -0.15) is 0 Å². The molecule has 20 heavy (non-hydrogen) atoms. The fourth-order valence-corrected chi connectivity index (χ4v) is 3.56. The highest BCUT2D eigenvalue weighted by atomic mass is 35.5. The lowest BCUT2D eigenvalue weighted by atomic mass is 10.2. The van der Waals surface area contributed by atoms with Crippen molar-refractivity contribution < 1.29 is 22.6 Å². The molecule has 0 amide bonds. The van der Waals surface area contributed by atoms with Gasteiger partial charge >= 0.3 is 0 Å². The second-order valence-corrected chi connectivity index (χ2v) is 6.46. The Bertz CT molecular complexity index is 577. The van der Waals surface area contributed by atoms with E-state index in [1.165, 1.54) is 32.4 Å². The van der Waals surface area contributed by atoms with Gasteiger partial charge in [0.1, 0.15) is 5.75 Å². The molecule has 1 N–H and O–H groups in total. The van der Waals surface area contributed by atoms with E-state index in [0.717, 1.165) is 0 Å². The van der Waals surface area contributed by atoms with Crippen LogP contribution in [-0.4, -0.2) is 48.0 Å². The third-order valence-electron chi connectivity index (χ3n) is 3.07. The first-order chi connectivity index (χ1) is 9.47. The summed E-state index contributed by atoms with van der Waals surface area (Å²) < 4.78 is 42.5. The van der Waals surface area contributed by atoms with E-state index in [2.05, 4.69) is 4.72 Å². The molecule has 1 heterocycles. The van der Waals surface area contributed by atoms with Gasteiger partial charge in [0.15, 0.2) is 0 Å². The standard InChI is InChI=1S/C12H16ClNO5S/c1-17-11-4-3-8(5-9(11)13)20(15,16)14-10-6-19-7-12(10)18-2/h3-5,10,12,14H,6-7H2,1-2H3/t10-,12-/m0/s1. The summed E-state index contributed by atoms with van der Waals surface area (Å²) in [5.41, 5.74) is 0. The van der Waals surface area contributed by atoms with Crippen molar-refractivity contribution in [2.45, 2.75) is 17.0 Å². The number of nitrogens with one attached hydrogen (secondary N) is 1. The minimum atomic E-state index is -3.68. The van der Waals surface area contributed by atoms with Crippen LogP contribution in [0.1, 0.15) is 0 Å². The minimum Gasteiger partial charge on any atom is -0.495 e. The van der Waals surface area contributed by atoms with Gasteiger partial charge in [0.2, 0.25) is 10.0 Å². The van der Waals surface area contributed by atoms with Gasteiger partial charge in [-0.3, -0.25) is 0 Å². The topological polar surface area (TPSA) is 73.9 Å². The van der Waals surface area contributed by atoms with E-state index >= 15 is 0 Å². The van der Waals surface area contributed by atoms with Crippen LogP contribution in [0.2, 0.25) is 5.02 Å². The zero-order valence-corrected chi connectivity index (χ0v) is 12.7. The average Bonchev–Trinajstić information content (AvgIpc) is 2.85. The smallest absolute Gasteiger partial charge is 0.241 e. The fourth-order valence-electron chi connectivity index (χ4n) is 1.96. The summed E-state index contributed by atoms with van der Waals surface area (Å²) in [6.07, 6.45) is -0.293. The van der Waals surface area contributed by atoms with Crippen LogP contribution in [0.5, 0.6) is 5.75 Å². The summed E-state index contributed by atoms with van der Waals surface area (Å²) >= 11 is 5.94. The monoisotopic (exact) mass is 321 g/mol. The first-order valence-electron chi connectivity index (χ1n) is 5.94. The maximum Gasteiger partial charge on any atom is 0.241 e. The first-order valence-corrected chi connectivity index (χ1v) is 7.80. The Labute approximate surface area is 123 Å². The van der Waals surface area contributed by atoms with Crippen LogP contribution in [0.4, 0.5) is 0 Å². The molecule has 2 atom stereocenters. The summed E-state index contributed by atoms with van der Waals surface area (Å²) in [6.45, 7) is 0.647. The van der Waals surface area contributed by atoms with Gasteiger partial charge in [-0.25, -0.2) is 13.1 Å². The van der Waals surface area contributed by atoms with Gasteiger partial charge < -0.3 is 14.2 Å². The van der Waals surface area contributed by atoms with E-state index in [0.29, 0.717) is 12.4 Å². The maximum atomic E-state index is 12.3. The van der Waals surface area contributed by atoms with Crippen molar-refractivity contribution in [2.24, 2.45) is 0 Å². The number of methoxy groups -OCH3 is 2. The molecule has 1 aromatic rings. The second-order valence-electron chi connectivity index (χ2n) is 4.34. The Hall–Kier alpha value is -0.860. The van der Waals surface area contributed by atoms with Gasteiger partial charge in [-0.05, 0) is 18.2 Å². The highest BCUT2D eigenvalue weighted by Gasteiger charge is 2.32. The maximum absolute atomic E-state index is 12.3. The molecule has 1 fully saturated rings. The molecule has 1 saturated heterocycles. The molecule has 1 aliphatic heterocycles. The van der Waals surface area contributed by atoms with Crippen LogP contribution in [-0.2, 0) is 19.5 Å². The quantitative estimate of drug-likeness (QED) is 0.877. The molecule has 0 bridgehead atoms. The normalized spacial score (nSPS) is 22.9. The molecule has 6 nitrogen and oxygen atoms in total. The van der Waals surface area contributed by atoms with Crippen molar-refractivity contribution >= 4 is 21.6 Å². The fraction of sp³-hybridized carbons (Fsp3) is 0.500. The van der Waals surface area contributed by atoms with Crippen molar-refractivity contribution in [1.29, 1.82) is 0 Å². The van der Waals surface area contributed by atoms with Gasteiger partial charge in [-0.1, -0.05) is 11.6 Å². The van der Waals surface area contributed by atoms with E-state index in [1.54, 1.807) is 0 Å². The molecular weight excluding hydrogens is 306 g/mol. The zero-order chi connectivity index (χ0) is 14.8. The lowest BCUT2D eigenvalue weighted by Crippen LogP contribution is -2.43. The van der Waals surface area contributed by atoms with Crippen LogP contribution < -0.4 is 9.46 Å². The Morgan fingerprint density at radius 2 is 2.10 bits per heavy atom. The highest BCUT2D eigenvalue weighted by Crippen LogP contribution is 2.27. The summed E-state index contributed by atoms with van der Waals surface area (Å²) in [5, 5.41) is 0.237. The molecule has 8 heteroatoms. The predicted molar refractivity (Wildman–Crippen MR) is 73.7 cm³/mol. The molecule has 112 valence electrons. The van der Waals surface area contributed by atoms with E-state index in [-0.39, 0.29) is 22.6 Å². The first kappa shape index (κ1) is 15.5. The van der Waals surface area contributed by atoms with Crippen molar-refractivity contribution in [3.05, 3.63) is 23.2 Å². The molecule has 1 aliphatic rings. The summed E-state index contributed by atoms with van der Waals surface area (Å²) in [6, 6.07) is 3.88. The largest absolute Gasteiger partial charge is 0.495 e. The summed E-state index contributed by atoms with van der Waals surface area (Å²) in [5.74, 6) is 0.421. The molecule has 0 aliphatic carbocycles. The highest BCUT2D eigenvalue weighted by molar-refractivity contribution is 7.89. The number of rotatable bonds is 5. The number of hydrogen-bond acceptors (Lipinski definition) is 5. The molecule has 0 spiro atoms. The van der Waals surface area contributed by atoms with Crippen molar-refractivity contribution in [2.75, 3.05) is 27.4 Å². The second kappa shape index (κ2) is 6.28. The van der Waals surface area contributed by atoms with Crippen LogP contribution in [0.15, 0.2) is 23.1 Å². The third-order valence-corrected chi connectivity index (χ3v) is 4.85. The Morgan fingerprint density at radius 3 is 2.70 bits per heavy atom. The molecular formula is C12H16ClNO5S. The molecule has 0 radical (unpaired) electrons.